The van der Waals surface area contributed by atoms with Crippen LogP contribution in [-0.2, 0) is 9.84 Å². The second kappa shape index (κ2) is 8.69. The zero-order chi connectivity index (χ0) is 22.8. The van der Waals surface area contributed by atoms with Gasteiger partial charge in [0.25, 0.3) is 0 Å². The first-order chi connectivity index (χ1) is 14.6. The Morgan fingerprint density at radius 1 is 0.903 bits per heavy atom. The summed E-state index contributed by atoms with van der Waals surface area (Å²) in [5, 5.41) is 15.9. The van der Waals surface area contributed by atoms with Crippen LogP contribution in [0.2, 0.25) is 0 Å². The first-order valence-corrected chi connectivity index (χ1v) is 11.0. The Bertz CT molecular complexity index is 1220. The summed E-state index contributed by atoms with van der Waals surface area (Å²) >= 11 is 0. The van der Waals surface area contributed by atoms with Gasteiger partial charge in [0.1, 0.15) is 16.4 Å². The third-order valence-corrected chi connectivity index (χ3v) is 6.83. The van der Waals surface area contributed by atoms with Crippen molar-refractivity contribution in [2.24, 2.45) is 0 Å². The Morgan fingerprint density at radius 2 is 1.52 bits per heavy atom. The largest absolute Gasteiger partial charge is 0.506 e. The second-order valence-corrected chi connectivity index (χ2v) is 9.06. The van der Waals surface area contributed by atoms with Gasteiger partial charge in [0, 0.05) is 11.4 Å². The van der Waals surface area contributed by atoms with E-state index in [0.717, 1.165) is 5.56 Å². The maximum atomic E-state index is 13.1. The summed E-state index contributed by atoms with van der Waals surface area (Å²) in [6, 6.07) is 13.9. The number of hydrogen-bond acceptors (Lipinski definition) is 5. The van der Waals surface area contributed by atoms with E-state index in [1.807, 2.05) is 19.1 Å². The number of nitrogens with one attached hydrogen (secondary N) is 2. The number of sulfone groups is 1. The smallest absolute Gasteiger partial charge is 0.323 e. The molecule has 162 valence electrons. The van der Waals surface area contributed by atoms with Crippen LogP contribution in [0.5, 0.6) is 11.5 Å². The molecule has 0 saturated carbocycles. The molecule has 0 fully saturated rings. The van der Waals surface area contributed by atoms with Gasteiger partial charge in [0.2, 0.25) is 9.84 Å². The minimum Gasteiger partial charge on any atom is -0.506 e. The van der Waals surface area contributed by atoms with Gasteiger partial charge in [0.15, 0.2) is 0 Å². The number of methoxy groups -OCH3 is 1. The Labute approximate surface area is 181 Å². The minimum absolute atomic E-state index is 0.00177. The lowest BCUT2D eigenvalue weighted by molar-refractivity contribution is 0.262. The fourth-order valence-corrected chi connectivity index (χ4v) is 4.44. The summed E-state index contributed by atoms with van der Waals surface area (Å²) in [5.74, 6) is 0.163. The van der Waals surface area contributed by atoms with Gasteiger partial charge in [-0.15, -0.1) is 0 Å². The number of rotatable bonds is 5. The van der Waals surface area contributed by atoms with Crippen LogP contribution in [0, 0.1) is 20.8 Å². The molecule has 2 amide bonds. The molecule has 8 heteroatoms. The number of phenols is 1. The molecule has 0 aromatic heterocycles. The van der Waals surface area contributed by atoms with Crippen LogP contribution < -0.4 is 15.4 Å². The number of hydrogen-bond donors (Lipinski definition) is 3. The van der Waals surface area contributed by atoms with Crippen molar-refractivity contribution >= 4 is 27.2 Å². The van der Waals surface area contributed by atoms with Gasteiger partial charge in [-0.05, 0) is 74.4 Å². The molecule has 7 nitrogen and oxygen atoms in total. The number of carbonyl (C=O) groups is 1. The number of phenolic OH excluding ortho intramolecular Hbond substituents is 1. The average Bonchev–Trinajstić information content (AvgIpc) is 2.75. The van der Waals surface area contributed by atoms with Crippen molar-refractivity contribution in [1.82, 2.24) is 0 Å². The zero-order valence-corrected chi connectivity index (χ0v) is 18.5. The van der Waals surface area contributed by atoms with Crippen molar-refractivity contribution < 1.29 is 23.1 Å². The molecule has 3 rings (SSSR count). The standard InChI is InChI=1S/C23H24N2O5S/c1-14-5-7-17(8-6-14)24-23(27)25-20-13-21(22(26)16(3)15(20)2)31(28,29)19-11-9-18(30-4)10-12-19/h5-13,26H,1-4H3,(H2,24,25,27). The number of carbonyl (C=O) groups excluding carboxylic acids is 1. The number of urea groups is 1. The molecule has 0 heterocycles. The van der Waals surface area contributed by atoms with Gasteiger partial charge in [-0.2, -0.15) is 0 Å². The van der Waals surface area contributed by atoms with E-state index in [1.54, 1.807) is 26.0 Å². The SMILES string of the molecule is COc1ccc(S(=O)(=O)c2cc(NC(=O)Nc3ccc(C)cc3)c(C)c(C)c2O)cc1. The topological polar surface area (TPSA) is 105 Å². The normalized spacial score (nSPS) is 11.1. The van der Waals surface area contributed by atoms with Crippen LogP contribution >= 0.6 is 0 Å². The molecule has 0 spiro atoms. The zero-order valence-electron chi connectivity index (χ0n) is 17.7. The summed E-state index contributed by atoms with van der Waals surface area (Å²) in [4.78, 5) is 12.2. The molecule has 0 aliphatic heterocycles. The van der Waals surface area contributed by atoms with E-state index in [2.05, 4.69) is 10.6 Å². The predicted molar refractivity (Wildman–Crippen MR) is 120 cm³/mol. The monoisotopic (exact) mass is 440 g/mol. The number of aryl methyl sites for hydroxylation is 1. The molecular formula is C23H24N2O5S. The number of anilines is 2. The molecule has 3 aromatic rings. The third kappa shape index (κ3) is 4.64. The highest BCUT2D eigenvalue weighted by Gasteiger charge is 2.25. The molecule has 0 unspecified atom stereocenters. The number of ether oxygens (including phenoxy) is 1. The minimum atomic E-state index is -4.03. The summed E-state index contributed by atoms with van der Waals surface area (Å²) in [7, 11) is -2.55. The lowest BCUT2D eigenvalue weighted by Crippen LogP contribution is -2.20. The lowest BCUT2D eigenvalue weighted by Gasteiger charge is -2.16. The molecule has 0 aliphatic carbocycles. The highest BCUT2D eigenvalue weighted by atomic mass is 32.2. The molecule has 31 heavy (non-hydrogen) atoms. The van der Waals surface area contributed by atoms with Crippen molar-refractivity contribution in [3.8, 4) is 11.5 Å². The van der Waals surface area contributed by atoms with Crippen LogP contribution in [0.3, 0.4) is 0 Å². The van der Waals surface area contributed by atoms with Crippen molar-refractivity contribution in [3.63, 3.8) is 0 Å². The number of aromatic hydroxyl groups is 1. The quantitative estimate of drug-likeness (QED) is 0.494. The van der Waals surface area contributed by atoms with E-state index >= 15 is 0 Å². The van der Waals surface area contributed by atoms with Crippen molar-refractivity contribution in [1.29, 1.82) is 0 Å². The van der Waals surface area contributed by atoms with Crippen LogP contribution in [-0.4, -0.2) is 26.7 Å². The summed E-state index contributed by atoms with van der Waals surface area (Å²) < 4.78 is 31.4. The molecule has 3 aromatic carbocycles. The highest BCUT2D eigenvalue weighted by molar-refractivity contribution is 7.91. The number of amides is 2. The average molecular weight is 441 g/mol. The molecule has 0 atom stereocenters. The maximum Gasteiger partial charge on any atom is 0.323 e. The molecule has 0 aliphatic rings. The molecule has 0 bridgehead atoms. The van der Waals surface area contributed by atoms with Gasteiger partial charge in [-0.1, -0.05) is 17.7 Å². The summed E-state index contributed by atoms with van der Waals surface area (Å²) in [6.45, 7) is 5.23. The van der Waals surface area contributed by atoms with Gasteiger partial charge in [0.05, 0.1) is 12.0 Å². The van der Waals surface area contributed by atoms with Gasteiger partial charge in [-0.3, -0.25) is 0 Å². The Morgan fingerprint density at radius 3 is 2.10 bits per heavy atom. The summed E-state index contributed by atoms with van der Waals surface area (Å²) in [5.41, 5.74) is 2.86. The molecule has 0 saturated heterocycles. The van der Waals surface area contributed by atoms with Gasteiger partial charge < -0.3 is 20.5 Å². The molecule has 0 radical (unpaired) electrons. The summed E-state index contributed by atoms with van der Waals surface area (Å²) in [6.07, 6.45) is 0. The third-order valence-electron chi connectivity index (χ3n) is 5.05. The van der Waals surface area contributed by atoms with E-state index in [0.29, 0.717) is 22.6 Å². The van der Waals surface area contributed by atoms with E-state index in [4.69, 9.17) is 4.74 Å². The molecule has 3 N–H and O–H groups in total. The van der Waals surface area contributed by atoms with Crippen LogP contribution in [0.25, 0.3) is 0 Å². The predicted octanol–water partition coefficient (Wildman–Crippen LogP) is 4.80. The first-order valence-electron chi connectivity index (χ1n) is 9.50. The van der Waals surface area contributed by atoms with E-state index in [9.17, 15) is 18.3 Å². The van der Waals surface area contributed by atoms with Crippen molar-refractivity contribution in [2.45, 2.75) is 30.6 Å². The highest BCUT2D eigenvalue weighted by Crippen LogP contribution is 2.37. The number of benzene rings is 3. The van der Waals surface area contributed by atoms with Crippen LogP contribution in [0.1, 0.15) is 16.7 Å². The van der Waals surface area contributed by atoms with E-state index in [-0.39, 0.29) is 21.2 Å². The van der Waals surface area contributed by atoms with Crippen LogP contribution in [0.4, 0.5) is 16.2 Å². The molecular weight excluding hydrogens is 416 g/mol. The van der Waals surface area contributed by atoms with Crippen molar-refractivity contribution in [3.05, 3.63) is 71.3 Å². The van der Waals surface area contributed by atoms with Gasteiger partial charge in [-0.25, -0.2) is 13.2 Å². The first kappa shape index (κ1) is 22.2. The Kier molecular flexibility index (Phi) is 6.21. The fourth-order valence-electron chi connectivity index (χ4n) is 3.01. The Balaban J connectivity index is 1.95. The van der Waals surface area contributed by atoms with Crippen LogP contribution in [0.15, 0.2) is 64.4 Å². The maximum absolute atomic E-state index is 13.1. The second-order valence-electron chi connectivity index (χ2n) is 7.14. The fraction of sp³-hybridized carbons (Fsp3) is 0.174. The van der Waals surface area contributed by atoms with Gasteiger partial charge >= 0.3 is 6.03 Å². The van der Waals surface area contributed by atoms with Crippen molar-refractivity contribution in [2.75, 3.05) is 17.7 Å². The van der Waals surface area contributed by atoms with E-state index < -0.39 is 15.9 Å². The Hall–Kier alpha value is -3.52. The van der Waals surface area contributed by atoms with E-state index in [1.165, 1.54) is 37.4 Å². The lowest BCUT2D eigenvalue weighted by atomic mass is 10.1.